The van der Waals surface area contributed by atoms with E-state index in [1.54, 1.807) is 49.4 Å². The van der Waals surface area contributed by atoms with Crippen LogP contribution in [0.15, 0.2) is 60.7 Å². The molecule has 0 radical (unpaired) electrons. The number of hydrogen-bond donors (Lipinski definition) is 2. The zero-order valence-corrected chi connectivity index (χ0v) is 22.2. The molecule has 0 heterocycles. The van der Waals surface area contributed by atoms with Crippen LogP contribution in [-0.4, -0.2) is 47.6 Å². The predicted molar refractivity (Wildman–Crippen MR) is 143 cm³/mol. The molecule has 8 nitrogen and oxygen atoms in total. The van der Waals surface area contributed by atoms with Crippen LogP contribution in [0.1, 0.15) is 29.2 Å². The van der Waals surface area contributed by atoms with Gasteiger partial charge in [0.2, 0.25) is 5.96 Å². The second kappa shape index (κ2) is 12.9. The van der Waals surface area contributed by atoms with Crippen LogP contribution in [0.4, 0.5) is 13.2 Å². The van der Waals surface area contributed by atoms with Gasteiger partial charge < -0.3 is 19.5 Å². The first-order chi connectivity index (χ1) is 19.0. The van der Waals surface area contributed by atoms with Crippen LogP contribution in [0, 0.1) is 16.9 Å². The number of alkyl halides is 3. The van der Waals surface area contributed by atoms with Gasteiger partial charge in [-0.05, 0) is 65.6 Å². The van der Waals surface area contributed by atoms with E-state index in [1.807, 2.05) is 6.19 Å². The van der Waals surface area contributed by atoms with Crippen molar-refractivity contribution in [2.75, 3.05) is 20.8 Å². The zero-order valence-electron chi connectivity index (χ0n) is 22.2. The number of carboxylic acids is 1. The maximum atomic E-state index is 13.7. The van der Waals surface area contributed by atoms with E-state index in [-0.39, 0.29) is 37.6 Å². The molecule has 11 heteroatoms. The topological polar surface area (TPSA) is 110 Å². The quantitative estimate of drug-likeness (QED) is 0.142. The minimum absolute atomic E-state index is 0.0797. The molecule has 3 aromatic rings. The Bertz CT molecular complexity index is 1400. The molecular formula is C29H29F3N4O4. The third kappa shape index (κ3) is 7.22. The summed E-state index contributed by atoms with van der Waals surface area (Å²) in [5, 5.41) is 27.7. The monoisotopic (exact) mass is 554 g/mol. The number of nitriles is 1. The number of ether oxygens (including phenoxy) is 2. The lowest BCUT2D eigenvalue weighted by atomic mass is 9.94. The molecule has 0 spiro atoms. The first-order valence-corrected chi connectivity index (χ1v) is 12.2. The fraction of sp³-hybridized carbons (Fsp3) is 0.276. The summed E-state index contributed by atoms with van der Waals surface area (Å²) in [7, 11) is 2.95. The Morgan fingerprint density at radius 1 is 0.975 bits per heavy atom. The second-order valence-electron chi connectivity index (χ2n) is 8.85. The van der Waals surface area contributed by atoms with Crippen LogP contribution in [0.25, 0.3) is 11.1 Å². The highest BCUT2D eigenvalue weighted by Crippen LogP contribution is 2.38. The lowest BCUT2D eigenvalue weighted by Crippen LogP contribution is -2.40. The minimum atomic E-state index is -4.61. The normalized spacial score (nSPS) is 10.9. The van der Waals surface area contributed by atoms with Gasteiger partial charge in [-0.1, -0.05) is 24.3 Å². The molecule has 40 heavy (non-hydrogen) atoms. The fourth-order valence-electron chi connectivity index (χ4n) is 4.20. The van der Waals surface area contributed by atoms with Gasteiger partial charge in [0.05, 0.1) is 32.7 Å². The van der Waals surface area contributed by atoms with Crippen molar-refractivity contribution in [3.63, 3.8) is 0 Å². The molecule has 0 saturated carbocycles. The number of rotatable bonds is 10. The highest BCUT2D eigenvalue weighted by Gasteiger charge is 2.32. The van der Waals surface area contributed by atoms with Gasteiger partial charge in [0.15, 0.2) is 6.19 Å². The van der Waals surface area contributed by atoms with E-state index >= 15 is 0 Å². The van der Waals surface area contributed by atoms with Gasteiger partial charge in [0, 0.05) is 18.7 Å². The van der Waals surface area contributed by atoms with Crippen LogP contribution in [0.5, 0.6) is 11.5 Å². The van der Waals surface area contributed by atoms with Gasteiger partial charge in [-0.15, -0.1) is 0 Å². The lowest BCUT2D eigenvalue weighted by Gasteiger charge is -2.29. The summed E-state index contributed by atoms with van der Waals surface area (Å²) in [4.78, 5) is 13.9. The molecule has 0 aliphatic rings. The molecule has 2 N–H and O–H groups in total. The second-order valence-corrected chi connectivity index (χ2v) is 8.85. The highest BCUT2D eigenvalue weighted by molar-refractivity contribution is 5.80. The van der Waals surface area contributed by atoms with E-state index in [4.69, 9.17) is 14.9 Å². The van der Waals surface area contributed by atoms with Gasteiger partial charge in [-0.25, -0.2) is 4.90 Å². The molecule has 0 aliphatic carbocycles. The average Bonchev–Trinajstić information content (AvgIpc) is 2.93. The maximum Gasteiger partial charge on any atom is 0.416 e. The average molecular weight is 555 g/mol. The van der Waals surface area contributed by atoms with Crippen molar-refractivity contribution in [2.45, 2.75) is 32.6 Å². The molecule has 3 aromatic carbocycles. The van der Waals surface area contributed by atoms with Crippen molar-refractivity contribution in [1.82, 2.24) is 9.80 Å². The van der Waals surface area contributed by atoms with Crippen molar-refractivity contribution >= 4 is 11.9 Å². The van der Waals surface area contributed by atoms with Gasteiger partial charge >= 0.3 is 12.1 Å². The number of guanidine groups is 1. The summed E-state index contributed by atoms with van der Waals surface area (Å²) in [5.74, 6) is -0.248. The third-order valence-corrected chi connectivity index (χ3v) is 6.26. The summed E-state index contributed by atoms with van der Waals surface area (Å²) >= 11 is 0. The fourth-order valence-corrected chi connectivity index (χ4v) is 4.20. The first-order valence-electron chi connectivity index (χ1n) is 12.2. The number of hydrogen-bond acceptors (Lipinski definition) is 5. The molecule has 3 rings (SSSR count). The van der Waals surface area contributed by atoms with Crippen molar-refractivity contribution in [3.05, 3.63) is 82.9 Å². The Morgan fingerprint density at radius 2 is 1.65 bits per heavy atom. The summed E-state index contributed by atoms with van der Waals surface area (Å²) in [6.07, 6.45) is -2.90. The molecule has 210 valence electrons. The molecule has 0 aliphatic heterocycles. The van der Waals surface area contributed by atoms with Crippen molar-refractivity contribution in [2.24, 2.45) is 0 Å². The van der Waals surface area contributed by atoms with E-state index in [9.17, 15) is 28.3 Å². The van der Waals surface area contributed by atoms with Gasteiger partial charge in [0.25, 0.3) is 0 Å². The van der Waals surface area contributed by atoms with Crippen LogP contribution in [0.3, 0.4) is 0 Å². The molecule has 0 atom stereocenters. The number of benzene rings is 3. The van der Waals surface area contributed by atoms with Gasteiger partial charge in [-0.3, -0.25) is 10.2 Å². The Kier molecular flexibility index (Phi) is 9.61. The molecule has 0 bridgehead atoms. The Balaban J connectivity index is 2.02. The number of aliphatic carboxylic acids is 1. The van der Waals surface area contributed by atoms with Crippen LogP contribution < -0.4 is 9.47 Å². The number of methoxy groups -OCH3 is 2. The van der Waals surface area contributed by atoms with E-state index in [1.165, 1.54) is 25.2 Å². The van der Waals surface area contributed by atoms with Crippen LogP contribution in [-0.2, 0) is 30.5 Å². The van der Waals surface area contributed by atoms with Crippen molar-refractivity contribution in [3.8, 4) is 28.8 Å². The summed E-state index contributed by atoms with van der Waals surface area (Å²) in [6.45, 7) is 1.92. The summed E-state index contributed by atoms with van der Waals surface area (Å²) in [5.41, 5.74) is 1.36. The molecule has 0 amide bonds. The Labute approximate surface area is 230 Å². The Morgan fingerprint density at radius 3 is 2.20 bits per heavy atom. The van der Waals surface area contributed by atoms with Crippen LogP contribution >= 0.6 is 0 Å². The SMILES string of the molecule is CCN(Cc1cc(C(F)(F)F)ccc1-c1cc(CC(=O)O)ccc1OC)C(=N)N(C#N)Cc1ccc(OC)cc1. The third-order valence-electron chi connectivity index (χ3n) is 6.26. The molecule has 0 saturated heterocycles. The van der Waals surface area contributed by atoms with Crippen molar-refractivity contribution < 1.29 is 32.5 Å². The van der Waals surface area contributed by atoms with E-state index in [2.05, 4.69) is 0 Å². The molecule has 0 aromatic heterocycles. The van der Waals surface area contributed by atoms with Crippen molar-refractivity contribution in [1.29, 1.82) is 10.7 Å². The summed E-state index contributed by atoms with van der Waals surface area (Å²) < 4.78 is 51.7. The van der Waals surface area contributed by atoms with E-state index in [0.717, 1.165) is 22.6 Å². The minimum Gasteiger partial charge on any atom is -0.497 e. The predicted octanol–water partition coefficient (Wildman–Crippen LogP) is 5.76. The summed E-state index contributed by atoms with van der Waals surface area (Å²) in [6, 6.07) is 15.0. The number of carboxylic acid groups (broad SMARTS) is 1. The number of carbonyl (C=O) groups is 1. The Hall–Kier alpha value is -4.72. The van der Waals surface area contributed by atoms with Gasteiger partial charge in [-0.2, -0.15) is 18.4 Å². The van der Waals surface area contributed by atoms with E-state index < -0.39 is 17.7 Å². The largest absolute Gasteiger partial charge is 0.497 e. The number of nitrogens with zero attached hydrogens (tertiary/aromatic N) is 3. The standard InChI is InChI=1S/C29H29F3N4O4/c1-4-35(28(34)36(18-33)16-19-5-9-23(39-2)10-6-19)17-21-15-22(29(30,31)32)8-11-24(21)25-13-20(14-27(37)38)7-12-26(25)40-3/h5-13,15,34H,4,14,16-17H2,1-3H3,(H,37,38). The highest BCUT2D eigenvalue weighted by atomic mass is 19.4. The lowest BCUT2D eigenvalue weighted by molar-refractivity contribution is -0.138. The van der Waals surface area contributed by atoms with E-state index in [0.29, 0.717) is 28.2 Å². The smallest absolute Gasteiger partial charge is 0.416 e. The number of halogens is 3. The molecule has 0 unspecified atom stereocenters. The number of nitrogens with one attached hydrogen (secondary N) is 1. The zero-order chi connectivity index (χ0) is 29.4. The maximum absolute atomic E-state index is 13.7. The van der Waals surface area contributed by atoms with Gasteiger partial charge in [0.1, 0.15) is 11.5 Å². The molecular weight excluding hydrogens is 525 g/mol. The molecule has 0 fully saturated rings. The van der Waals surface area contributed by atoms with Crippen LogP contribution in [0.2, 0.25) is 0 Å². The first kappa shape index (κ1) is 29.8.